The van der Waals surface area contributed by atoms with E-state index in [0.717, 1.165) is 19.6 Å². The molecule has 1 saturated heterocycles. The zero-order valence-corrected chi connectivity index (χ0v) is 10.8. The number of hydrogen-bond acceptors (Lipinski definition) is 4. The molecular formula is C10H18ClN3S. The molecule has 1 aromatic rings. The Morgan fingerprint density at radius 2 is 2.13 bits per heavy atom. The second-order valence-electron chi connectivity index (χ2n) is 4.09. The summed E-state index contributed by atoms with van der Waals surface area (Å²) in [5.41, 5.74) is 0. The van der Waals surface area contributed by atoms with E-state index in [-0.39, 0.29) is 12.4 Å². The second kappa shape index (κ2) is 5.80. The Bertz CT molecular complexity index is 268. The summed E-state index contributed by atoms with van der Waals surface area (Å²) in [6, 6.07) is 1.19. The first-order valence-electron chi connectivity index (χ1n) is 5.11. The third-order valence-corrected chi connectivity index (χ3v) is 3.24. The molecule has 1 aromatic heterocycles. The molecular weight excluding hydrogens is 230 g/mol. The average molecular weight is 248 g/mol. The van der Waals surface area contributed by atoms with Gasteiger partial charge in [0.2, 0.25) is 0 Å². The minimum absolute atomic E-state index is 0. The van der Waals surface area contributed by atoms with Crippen LogP contribution in [0, 0.1) is 0 Å². The highest BCUT2D eigenvalue weighted by atomic mass is 35.5. The van der Waals surface area contributed by atoms with Gasteiger partial charge in [-0.15, -0.1) is 23.7 Å². The first kappa shape index (κ1) is 12.9. The van der Waals surface area contributed by atoms with Crippen LogP contribution in [0.4, 0.5) is 0 Å². The van der Waals surface area contributed by atoms with Gasteiger partial charge in [0.1, 0.15) is 5.01 Å². The lowest BCUT2D eigenvalue weighted by Gasteiger charge is -2.35. The molecule has 3 nitrogen and oxygen atoms in total. The fourth-order valence-corrected chi connectivity index (χ4v) is 2.75. The van der Waals surface area contributed by atoms with Crippen molar-refractivity contribution in [3.63, 3.8) is 0 Å². The van der Waals surface area contributed by atoms with Crippen molar-refractivity contribution in [2.24, 2.45) is 0 Å². The van der Waals surface area contributed by atoms with Gasteiger partial charge in [0, 0.05) is 36.8 Å². The van der Waals surface area contributed by atoms with Crippen LogP contribution in [0.15, 0.2) is 11.6 Å². The molecule has 1 aliphatic heterocycles. The Labute approximate surface area is 101 Å². The minimum atomic E-state index is 0. The van der Waals surface area contributed by atoms with E-state index in [1.165, 1.54) is 5.01 Å². The highest BCUT2D eigenvalue weighted by molar-refractivity contribution is 7.09. The van der Waals surface area contributed by atoms with Gasteiger partial charge in [0.25, 0.3) is 0 Å². The molecule has 0 amide bonds. The number of thiazole rings is 1. The highest BCUT2D eigenvalue weighted by Crippen LogP contribution is 2.11. The lowest BCUT2D eigenvalue weighted by molar-refractivity contribution is 0.166. The number of hydrogen-bond donors (Lipinski definition) is 1. The molecule has 0 bridgehead atoms. The zero-order chi connectivity index (χ0) is 9.97. The van der Waals surface area contributed by atoms with Crippen LogP contribution in [0.25, 0.3) is 0 Å². The van der Waals surface area contributed by atoms with Gasteiger partial charge in [-0.3, -0.25) is 4.90 Å². The van der Waals surface area contributed by atoms with E-state index in [4.69, 9.17) is 0 Å². The Morgan fingerprint density at radius 1 is 1.47 bits per heavy atom. The monoisotopic (exact) mass is 247 g/mol. The number of rotatable bonds is 2. The van der Waals surface area contributed by atoms with Crippen molar-refractivity contribution in [3.05, 3.63) is 16.6 Å². The molecule has 0 saturated carbocycles. The predicted molar refractivity (Wildman–Crippen MR) is 66.7 cm³/mol. The number of piperazine rings is 1. The van der Waals surface area contributed by atoms with Gasteiger partial charge in [-0.05, 0) is 13.8 Å². The van der Waals surface area contributed by atoms with Crippen LogP contribution in [-0.2, 0) is 6.54 Å². The number of aromatic nitrogens is 1. The molecule has 5 heteroatoms. The van der Waals surface area contributed by atoms with E-state index in [9.17, 15) is 0 Å². The van der Waals surface area contributed by atoms with Gasteiger partial charge in [0.05, 0.1) is 6.54 Å². The smallest absolute Gasteiger partial charge is 0.107 e. The summed E-state index contributed by atoms with van der Waals surface area (Å²) in [5.74, 6) is 0. The molecule has 0 aliphatic carbocycles. The summed E-state index contributed by atoms with van der Waals surface area (Å²) in [6.45, 7) is 7.75. The topological polar surface area (TPSA) is 28.2 Å². The Kier molecular flexibility index (Phi) is 4.99. The van der Waals surface area contributed by atoms with Crippen molar-refractivity contribution in [1.82, 2.24) is 15.2 Å². The lowest BCUT2D eigenvalue weighted by atomic mass is 10.1. The van der Waals surface area contributed by atoms with E-state index < -0.39 is 0 Å². The quantitative estimate of drug-likeness (QED) is 0.863. The Balaban J connectivity index is 0.00000112. The van der Waals surface area contributed by atoms with Gasteiger partial charge in [-0.2, -0.15) is 0 Å². The van der Waals surface area contributed by atoms with Crippen molar-refractivity contribution >= 4 is 23.7 Å². The average Bonchev–Trinajstić information content (AvgIpc) is 2.54. The van der Waals surface area contributed by atoms with Gasteiger partial charge in [-0.25, -0.2) is 4.98 Å². The Hall–Kier alpha value is -0.160. The molecule has 1 aliphatic rings. The predicted octanol–water partition coefficient (Wildman–Crippen LogP) is 1.75. The normalized spacial score (nSPS) is 27.3. The summed E-state index contributed by atoms with van der Waals surface area (Å²) in [6.07, 6.45) is 1.88. The third-order valence-electron chi connectivity index (χ3n) is 2.48. The van der Waals surface area contributed by atoms with Crippen LogP contribution < -0.4 is 5.32 Å². The van der Waals surface area contributed by atoms with Crippen molar-refractivity contribution in [1.29, 1.82) is 0 Å². The molecule has 0 spiro atoms. The maximum Gasteiger partial charge on any atom is 0.107 e. The third kappa shape index (κ3) is 3.72. The summed E-state index contributed by atoms with van der Waals surface area (Å²) < 4.78 is 0. The van der Waals surface area contributed by atoms with Gasteiger partial charge in [0.15, 0.2) is 0 Å². The second-order valence-corrected chi connectivity index (χ2v) is 5.07. The molecule has 1 fully saturated rings. The van der Waals surface area contributed by atoms with Crippen molar-refractivity contribution in [2.75, 3.05) is 13.1 Å². The summed E-state index contributed by atoms with van der Waals surface area (Å²) >= 11 is 1.75. The zero-order valence-electron chi connectivity index (χ0n) is 9.14. The van der Waals surface area contributed by atoms with Gasteiger partial charge in [-0.1, -0.05) is 0 Å². The summed E-state index contributed by atoms with van der Waals surface area (Å²) in [5, 5.41) is 6.80. The van der Waals surface area contributed by atoms with E-state index in [0.29, 0.717) is 12.1 Å². The van der Waals surface area contributed by atoms with E-state index in [2.05, 4.69) is 29.0 Å². The van der Waals surface area contributed by atoms with Gasteiger partial charge >= 0.3 is 0 Å². The SMILES string of the molecule is CC1CN(Cc2nccs2)CC(C)N1.Cl. The fourth-order valence-electron chi connectivity index (χ4n) is 2.09. The molecule has 2 rings (SSSR count). The van der Waals surface area contributed by atoms with Crippen LogP contribution in [0.3, 0.4) is 0 Å². The molecule has 2 unspecified atom stereocenters. The number of nitrogens with zero attached hydrogens (tertiary/aromatic N) is 2. The lowest BCUT2D eigenvalue weighted by Crippen LogP contribution is -2.53. The molecule has 86 valence electrons. The molecule has 0 radical (unpaired) electrons. The van der Waals surface area contributed by atoms with Gasteiger partial charge < -0.3 is 5.32 Å². The highest BCUT2D eigenvalue weighted by Gasteiger charge is 2.21. The van der Waals surface area contributed by atoms with Crippen LogP contribution >= 0.6 is 23.7 Å². The minimum Gasteiger partial charge on any atom is -0.309 e. The van der Waals surface area contributed by atoms with Crippen molar-refractivity contribution in [2.45, 2.75) is 32.5 Å². The molecule has 2 heterocycles. The largest absolute Gasteiger partial charge is 0.309 e. The first-order valence-corrected chi connectivity index (χ1v) is 5.99. The van der Waals surface area contributed by atoms with Crippen LogP contribution in [0.1, 0.15) is 18.9 Å². The standard InChI is InChI=1S/C10H17N3S.ClH/c1-8-5-13(6-9(2)12-8)7-10-11-3-4-14-10;/h3-4,8-9,12H,5-7H2,1-2H3;1H. The molecule has 1 N–H and O–H groups in total. The van der Waals surface area contributed by atoms with Crippen molar-refractivity contribution < 1.29 is 0 Å². The summed E-state index contributed by atoms with van der Waals surface area (Å²) in [4.78, 5) is 6.79. The van der Waals surface area contributed by atoms with Crippen LogP contribution in [0.5, 0.6) is 0 Å². The number of nitrogens with one attached hydrogen (secondary N) is 1. The van der Waals surface area contributed by atoms with E-state index in [1.54, 1.807) is 11.3 Å². The first-order chi connectivity index (χ1) is 6.74. The number of halogens is 1. The molecule has 2 atom stereocenters. The van der Waals surface area contributed by atoms with E-state index >= 15 is 0 Å². The molecule has 15 heavy (non-hydrogen) atoms. The maximum atomic E-state index is 4.32. The fraction of sp³-hybridized carbons (Fsp3) is 0.700. The van der Waals surface area contributed by atoms with Crippen LogP contribution in [0.2, 0.25) is 0 Å². The summed E-state index contributed by atoms with van der Waals surface area (Å²) in [7, 11) is 0. The Morgan fingerprint density at radius 3 is 2.67 bits per heavy atom. The van der Waals surface area contributed by atoms with Crippen LogP contribution in [-0.4, -0.2) is 35.1 Å². The van der Waals surface area contributed by atoms with E-state index in [1.807, 2.05) is 11.6 Å². The molecule has 0 aromatic carbocycles. The van der Waals surface area contributed by atoms with Crippen molar-refractivity contribution in [3.8, 4) is 0 Å². The maximum absolute atomic E-state index is 4.32.